The third-order valence-corrected chi connectivity index (χ3v) is 7.01. The molecule has 0 atom stereocenters. The number of carbonyl (C=O) groups excluding carboxylic acids is 1. The zero-order chi connectivity index (χ0) is 23.5. The Bertz CT molecular complexity index is 1450. The molecule has 5 rings (SSSR count). The smallest absolute Gasteiger partial charge is 0.224 e. The summed E-state index contributed by atoms with van der Waals surface area (Å²) in [5.41, 5.74) is 3.52. The molecular formula is C25H21N7OS. The van der Waals surface area contributed by atoms with Gasteiger partial charge in [-0.25, -0.2) is 4.52 Å². The van der Waals surface area contributed by atoms with Gasteiger partial charge in [0.05, 0.1) is 29.0 Å². The van der Waals surface area contributed by atoms with E-state index in [4.69, 9.17) is 0 Å². The zero-order valence-corrected chi connectivity index (χ0v) is 19.2. The van der Waals surface area contributed by atoms with E-state index in [-0.39, 0.29) is 5.91 Å². The molecule has 0 spiro atoms. The standard InChI is InChI=1S/C25H21N7OS/c26-12-18-5-1-2-6-22(18)34-23-11-19(17-32-25(23)20(13-27)14-29-32)21-15-28-31(16-21)10-7-24(33)30-8-3-4-9-30/h1-2,5-6,11,14-17H,3-4,7-10H2. The molecule has 9 heteroatoms. The summed E-state index contributed by atoms with van der Waals surface area (Å²) in [6, 6.07) is 13.8. The van der Waals surface area contributed by atoms with Crippen molar-refractivity contribution in [2.75, 3.05) is 13.1 Å². The van der Waals surface area contributed by atoms with Crippen LogP contribution in [0.2, 0.25) is 0 Å². The first-order valence-electron chi connectivity index (χ1n) is 11.1. The number of aryl methyl sites for hydroxylation is 1. The summed E-state index contributed by atoms with van der Waals surface area (Å²) in [5, 5.41) is 27.9. The number of fused-ring (bicyclic) bond motifs is 1. The lowest BCUT2D eigenvalue weighted by molar-refractivity contribution is -0.130. The molecule has 1 aromatic carbocycles. The van der Waals surface area contributed by atoms with E-state index < -0.39 is 0 Å². The lowest BCUT2D eigenvalue weighted by atomic mass is 10.1. The Hall–Kier alpha value is -4.08. The van der Waals surface area contributed by atoms with Crippen LogP contribution in [0.25, 0.3) is 16.6 Å². The Labute approximate surface area is 201 Å². The zero-order valence-electron chi connectivity index (χ0n) is 18.4. The van der Waals surface area contributed by atoms with Crippen molar-refractivity contribution in [2.45, 2.75) is 35.6 Å². The highest BCUT2D eigenvalue weighted by molar-refractivity contribution is 7.99. The number of likely N-dealkylation sites (tertiary alicyclic amines) is 1. The van der Waals surface area contributed by atoms with Gasteiger partial charge >= 0.3 is 0 Å². The fourth-order valence-corrected chi connectivity index (χ4v) is 5.23. The monoisotopic (exact) mass is 467 g/mol. The van der Waals surface area contributed by atoms with Crippen LogP contribution < -0.4 is 0 Å². The fourth-order valence-electron chi connectivity index (χ4n) is 4.14. The van der Waals surface area contributed by atoms with Crippen molar-refractivity contribution >= 4 is 23.2 Å². The summed E-state index contributed by atoms with van der Waals surface area (Å²) < 4.78 is 3.48. The molecule has 4 heterocycles. The number of amides is 1. The van der Waals surface area contributed by atoms with Crippen molar-refractivity contribution in [2.24, 2.45) is 0 Å². The van der Waals surface area contributed by atoms with Gasteiger partial charge in [-0.1, -0.05) is 23.9 Å². The van der Waals surface area contributed by atoms with E-state index in [0.717, 1.165) is 46.8 Å². The number of nitriles is 2. The minimum absolute atomic E-state index is 0.173. The highest BCUT2D eigenvalue weighted by Gasteiger charge is 2.18. The SMILES string of the molecule is N#Cc1ccccc1Sc1cc(-c2cnn(CCC(=O)N3CCCC3)c2)cn2ncc(C#N)c12. The third kappa shape index (κ3) is 4.26. The summed E-state index contributed by atoms with van der Waals surface area (Å²) in [5.74, 6) is 0.173. The number of aromatic nitrogens is 4. The molecule has 0 aliphatic carbocycles. The quantitative estimate of drug-likeness (QED) is 0.423. The average molecular weight is 468 g/mol. The second-order valence-electron chi connectivity index (χ2n) is 8.10. The highest BCUT2D eigenvalue weighted by Crippen LogP contribution is 2.37. The maximum Gasteiger partial charge on any atom is 0.224 e. The van der Waals surface area contributed by atoms with Gasteiger partial charge in [-0.05, 0) is 31.0 Å². The number of hydrogen-bond acceptors (Lipinski definition) is 6. The maximum absolute atomic E-state index is 12.4. The van der Waals surface area contributed by atoms with Crippen molar-refractivity contribution in [3.8, 4) is 23.3 Å². The van der Waals surface area contributed by atoms with Gasteiger partial charge in [0.1, 0.15) is 12.1 Å². The first kappa shape index (κ1) is 21.7. The Balaban J connectivity index is 1.45. The third-order valence-electron chi connectivity index (χ3n) is 5.90. The van der Waals surface area contributed by atoms with Crippen molar-refractivity contribution in [1.29, 1.82) is 10.5 Å². The van der Waals surface area contributed by atoms with Gasteiger partial charge in [-0.15, -0.1) is 0 Å². The van der Waals surface area contributed by atoms with Gasteiger partial charge in [0.15, 0.2) is 0 Å². The normalized spacial score (nSPS) is 13.2. The molecule has 1 saturated heterocycles. The Morgan fingerprint density at radius 3 is 2.56 bits per heavy atom. The summed E-state index contributed by atoms with van der Waals surface area (Å²) in [7, 11) is 0. The van der Waals surface area contributed by atoms with E-state index in [1.807, 2.05) is 41.6 Å². The Kier molecular flexibility index (Phi) is 6.03. The second kappa shape index (κ2) is 9.42. The maximum atomic E-state index is 12.4. The van der Waals surface area contributed by atoms with Crippen molar-refractivity contribution in [3.05, 3.63) is 66.2 Å². The predicted molar refractivity (Wildman–Crippen MR) is 127 cm³/mol. The number of nitrogens with zero attached hydrogens (tertiary/aromatic N) is 7. The first-order chi connectivity index (χ1) is 16.7. The summed E-state index contributed by atoms with van der Waals surface area (Å²) in [6.07, 6.45) is 9.70. The lowest BCUT2D eigenvalue weighted by Crippen LogP contribution is -2.28. The second-order valence-corrected chi connectivity index (χ2v) is 9.18. The summed E-state index contributed by atoms with van der Waals surface area (Å²) in [4.78, 5) is 15.9. The van der Waals surface area contributed by atoms with Crippen molar-refractivity contribution < 1.29 is 4.79 Å². The molecular weight excluding hydrogens is 446 g/mol. The molecule has 1 aliphatic rings. The Morgan fingerprint density at radius 1 is 0.971 bits per heavy atom. The number of benzene rings is 1. The molecule has 8 nitrogen and oxygen atoms in total. The summed E-state index contributed by atoms with van der Waals surface area (Å²) >= 11 is 1.43. The molecule has 4 aromatic rings. The van der Waals surface area contributed by atoms with Gasteiger partial charge in [-0.3, -0.25) is 9.48 Å². The number of hydrogen-bond donors (Lipinski definition) is 0. The molecule has 34 heavy (non-hydrogen) atoms. The average Bonchev–Trinajstić information content (AvgIpc) is 3.63. The van der Waals surface area contributed by atoms with Crippen LogP contribution >= 0.6 is 11.8 Å². The van der Waals surface area contributed by atoms with E-state index in [1.54, 1.807) is 27.7 Å². The van der Waals surface area contributed by atoms with E-state index in [2.05, 4.69) is 22.3 Å². The number of carbonyl (C=O) groups is 1. The van der Waals surface area contributed by atoms with Crippen LogP contribution in [0.1, 0.15) is 30.4 Å². The molecule has 3 aromatic heterocycles. The topological polar surface area (TPSA) is 103 Å². The van der Waals surface area contributed by atoms with Crippen LogP contribution in [0.15, 0.2) is 64.9 Å². The molecule has 0 saturated carbocycles. The van der Waals surface area contributed by atoms with Gasteiger partial charge in [0.25, 0.3) is 0 Å². The summed E-state index contributed by atoms with van der Waals surface area (Å²) in [6.45, 7) is 2.23. The minimum Gasteiger partial charge on any atom is -0.343 e. The molecule has 1 fully saturated rings. The fraction of sp³-hybridized carbons (Fsp3) is 0.240. The van der Waals surface area contributed by atoms with Gasteiger partial charge < -0.3 is 4.90 Å². The predicted octanol–water partition coefficient (Wildman–Crippen LogP) is 4.10. The van der Waals surface area contributed by atoms with Crippen LogP contribution in [-0.2, 0) is 11.3 Å². The Morgan fingerprint density at radius 2 is 1.76 bits per heavy atom. The number of rotatable bonds is 6. The molecule has 1 aliphatic heterocycles. The molecule has 0 bridgehead atoms. The van der Waals surface area contributed by atoms with Crippen LogP contribution in [0, 0.1) is 22.7 Å². The van der Waals surface area contributed by atoms with E-state index in [1.165, 1.54) is 11.8 Å². The van der Waals surface area contributed by atoms with Crippen molar-refractivity contribution in [3.63, 3.8) is 0 Å². The molecule has 0 N–H and O–H groups in total. The first-order valence-corrected chi connectivity index (χ1v) is 11.9. The van der Waals surface area contributed by atoms with Gasteiger partial charge in [0, 0.05) is 59.4 Å². The minimum atomic E-state index is 0.173. The molecule has 0 unspecified atom stereocenters. The van der Waals surface area contributed by atoms with Crippen molar-refractivity contribution in [1.82, 2.24) is 24.3 Å². The van der Waals surface area contributed by atoms with Crippen LogP contribution in [0.5, 0.6) is 0 Å². The van der Waals surface area contributed by atoms with E-state index in [0.29, 0.717) is 29.6 Å². The van der Waals surface area contributed by atoms with E-state index in [9.17, 15) is 15.3 Å². The van der Waals surface area contributed by atoms with E-state index >= 15 is 0 Å². The molecule has 1 amide bonds. The largest absolute Gasteiger partial charge is 0.343 e. The van der Waals surface area contributed by atoms with Crippen LogP contribution in [0.4, 0.5) is 0 Å². The highest BCUT2D eigenvalue weighted by atomic mass is 32.2. The van der Waals surface area contributed by atoms with Gasteiger partial charge in [-0.2, -0.15) is 20.7 Å². The molecule has 0 radical (unpaired) electrons. The van der Waals surface area contributed by atoms with Crippen LogP contribution in [0.3, 0.4) is 0 Å². The molecule has 168 valence electrons. The van der Waals surface area contributed by atoms with Crippen LogP contribution in [-0.4, -0.2) is 43.3 Å². The van der Waals surface area contributed by atoms with Gasteiger partial charge in [0.2, 0.25) is 5.91 Å². The lowest BCUT2D eigenvalue weighted by Gasteiger charge is -2.14. The number of pyridine rings is 1.